The van der Waals surface area contributed by atoms with E-state index in [1.165, 1.54) is 0 Å². The molecule has 334 valence electrons. The number of ether oxygens (including phenoxy) is 1. The number of esters is 2. The Kier molecular flexibility index (Phi) is 21.8. The number of nitrogens with one attached hydrogen (secondary N) is 4. The fraction of sp³-hybridized carbons (Fsp3) is 0.778. The van der Waals surface area contributed by atoms with Crippen LogP contribution in [0, 0.1) is 0 Å². The van der Waals surface area contributed by atoms with Crippen molar-refractivity contribution in [2.75, 3.05) is 97.4 Å². The third-order valence-corrected chi connectivity index (χ3v) is 11.8. The number of carbonyl (C=O) groups is 8. The summed E-state index contributed by atoms with van der Waals surface area (Å²) in [6.07, 6.45) is 3.81. The molecule has 0 aromatic heterocycles. The molecule has 59 heavy (non-hydrogen) atoms. The number of nitrogens with two attached hydrogens (primary N) is 1. The number of aliphatic hydroxyl groups is 1. The summed E-state index contributed by atoms with van der Waals surface area (Å²) in [6, 6.07) is -2.71. The van der Waals surface area contributed by atoms with Gasteiger partial charge >= 0.3 is 35.9 Å². The number of carbonyl (C=O) groups excluding carboxylic acids is 5. The van der Waals surface area contributed by atoms with Gasteiger partial charge in [-0.25, -0.2) is 9.59 Å². The minimum atomic E-state index is -1.59. The lowest BCUT2D eigenvalue weighted by Gasteiger charge is -2.33. The molecule has 0 bridgehead atoms. The van der Waals surface area contributed by atoms with Gasteiger partial charge in [-0.15, -0.1) is 0 Å². The standard InChI is InChI=1S/C36H61N9O13S/c37-9-5-4-6-24(34(55)39-25(22-46)35(56)58-32(54)8-3-1-2-7-27-33-26(23-59-27)40-36(57)41-33)38-28(47)18-42-10-12-43(19-29(48)49)14-16-45(21-31(52)53)17-15-44(13-11-42)20-30(50)51/h24-27,33,46H,1-23,37H2,(H,38,47)(H,39,55)(H,48,49)(H,50,51)(H,52,53)(H2,40,41,57). The molecule has 0 aromatic rings. The second-order valence-corrected chi connectivity index (χ2v) is 16.2. The Morgan fingerprint density at radius 2 is 1.27 bits per heavy atom. The van der Waals surface area contributed by atoms with Crippen molar-refractivity contribution in [1.82, 2.24) is 40.9 Å². The molecule has 0 aliphatic carbocycles. The van der Waals surface area contributed by atoms with Gasteiger partial charge in [0.2, 0.25) is 11.8 Å². The molecule has 0 saturated carbocycles. The zero-order valence-electron chi connectivity index (χ0n) is 33.4. The van der Waals surface area contributed by atoms with Crippen molar-refractivity contribution in [2.24, 2.45) is 5.73 Å². The molecule has 3 rings (SSSR count). The van der Waals surface area contributed by atoms with Crippen molar-refractivity contribution in [1.29, 1.82) is 0 Å². The van der Waals surface area contributed by atoms with Crippen LogP contribution in [0.2, 0.25) is 0 Å². The lowest BCUT2D eigenvalue weighted by Crippen LogP contribution is -2.55. The molecule has 3 heterocycles. The summed E-state index contributed by atoms with van der Waals surface area (Å²) in [6.45, 7) is -0.290. The van der Waals surface area contributed by atoms with Crippen molar-refractivity contribution >= 4 is 59.5 Å². The molecular weight excluding hydrogens is 799 g/mol. The normalized spacial score (nSPS) is 22.1. The number of amides is 4. The van der Waals surface area contributed by atoms with Gasteiger partial charge in [0.25, 0.3) is 0 Å². The molecule has 4 amide bonds. The van der Waals surface area contributed by atoms with Gasteiger partial charge in [-0.3, -0.25) is 48.4 Å². The van der Waals surface area contributed by atoms with E-state index in [1.807, 2.05) is 0 Å². The zero-order valence-corrected chi connectivity index (χ0v) is 34.2. The number of urea groups is 1. The van der Waals surface area contributed by atoms with Crippen LogP contribution in [0.1, 0.15) is 51.4 Å². The summed E-state index contributed by atoms with van der Waals surface area (Å²) in [4.78, 5) is 105. The molecule has 3 saturated heterocycles. The van der Waals surface area contributed by atoms with Crippen molar-refractivity contribution in [3.05, 3.63) is 0 Å². The first-order valence-corrected chi connectivity index (χ1v) is 21.1. The number of hydrogen-bond acceptors (Lipinski definition) is 16. The largest absolute Gasteiger partial charge is 0.480 e. The number of carboxylic acids is 3. The lowest BCUT2D eigenvalue weighted by molar-refractivity contribution is -0.162. The van der Waals surface area contributed by atoms with Crippen molar-refractivity contribution < 1.29 is 63.5 Å². The predicted molar refractivity (Wildman–Crippen MR) is 212 cm³/mol. The molecule has 3 aliphatic rings. The molecule has 5 atom stereocenters. The summed E-state index contributed by atoms with van der Waals surface area (Å²) in [5, 5.41) is 49.4. The van der Waals surface area contributed by atoms with E-state index in [1.54, 1.807) is 31.4 Å². The first-order valence-electron chi connectivity index (χ1n) is 20.1. The second-order valence-electron chi connectivity index (χ2n) is 14.9. The Labute approximate surface area is 347 Å². The third kappa shape index (κ3) is 18.8. The smallest absolute Gasteiger partial charge is 0.338 e. The quantitative estimate of drug-likeness (QED) is 0.0211. The number of rotatable bonds is 23. The number of hydrogen-bond donors (Lipinski definition) is 9. The summed E-state index contributed by atoms with van der Waals surface area (Å²) in [7, 11) is 0. The SMILES string of the molecule is NCCCCC(NC(=O)CN1CCN(CC(=O)O)CCN(CC(=O)O)CCN(CC(=O)O)CC1)C(=O)NC(CO)C(=O)OC(=O)CCCCCC1SCC2NC(=O)NC21. The number of carboxylic acid groups (broad SMARTS) is 3. The third-order valence-electron chi connectivity index (χ3n) is 10.3. The minimum Gasteiger partial charge on any atom is -0.480 e. The maximum atomic E-state index is 13.5. The number of fused-ring (bicyclic) bond motifs is 1. The molecular formula is C36H61N9O13S. The Bertz CT molecular complexity index is 1410. The molecule has 0 radical (unpaired) electrons. The average molecular weight is 860 g/mol. The van der Waals surface area contributed by atoms with E-state index in [2.05, 4.69) is 21.3 Å². The van der Waals surface area contributed by atoms with E-state index in [0.29, 0.717) is 32.2 Å². The number of unbranched alkanes of at least 4 members (excludes halogenated alkanes) is 3. The highest BCUT2D eigenvalue weighted by Gasteiger charge is 2.42. The summed E-state index contributed by atoms with van der Waals surface area (Å²) >= 11 is 1.79. The van der Waals surface area contributed by atoms with E-state index < -0.39 is 60.4 Å². The summed E-state index contributed by atoms with van der Waals surface area (Å²) in [5.41, 5.74) is 5.64. The van der Waals surface area contributed by atoms with Crippen LogP contribution in [0.5, 0.6) is 0 Å². The zero-order chi connectivity index (χ0) is 43.3. The van der Waals surface area contributed by atoms with Gasteiger partial charge in [0.05, 0.1) is 44.9 Å². The van der Waals surface area contributed by atoms with Crippen molar-refractivity contribution in [3.8, 4) is 0 Å². The summed E-state index contributed by atoms with van der Waals surface area (Å²) in [5.74, 6) is -5.79. The van der Waals surface area contributed by atoms with E-state index in [0.717, 1.165) is 18.6 Å². The molecule has 0 aromatic carbocycles. The topological polar surface area (TPSA) is 314 Å². The van der Waals surface area contributed by atoms with Crippen LogP contribution in [0.15, 0.2) is 0 Å². The van der Waals surface area contributed by atoms with Crippen LogP contribution in [0.25, 0.3) is 0 Å². The van der Waals surface area contributed by atoms with E-state index in [-0.39, 0.29) is 115 Å². The van der Waals surface area contributed by atoms with Crippen molar-refractivity contribution in [3.63, 3.8) is 0 Å². The van der Waals surface area contributed by atoms with Gasteiger partial charge in [0, 0.05) is 69.8 Å². The number of aliphatic carboxylic acids is 3. The molecule has 23 heteroatoms. The van der Waals surface area contributed by atoms with Crippen LogP contribution < -0.4 is 27.0 Å². The van der Waals surface area contributed by atoms with Crippen LogP contribution in [0.3, 0.4) is 0 Å². The van der Waals surface area contributed by atoms with Crippen LogP contribution in [-0.2, 0) is 38.3 Å². The average Bonchev–Trinajstić information content (AvgIpc) is 3.72. The van der Waals surface area contributed by atoms with E-state index in [9.17, 15) is 58.8 Å². The fourth-order valence-electron chi connectivity index (χ4n) is 7.11. The maximum Gasteiger partial charge on any atom is 0.338 e. The van der Waals surface area contributed by atoms with Gasteiger partial charge in [-0.2, -0.15) is 11.8 Å². The second kappa shape index (κ2) is 26.2. The van der Waals surface area contributed by atoms with Gasteiger partial charge in [-0.1, -0.05) is 12.8 Å². The van der Waals surface area contributed by atoms with E-state index in [4.69, 9.17) is 10.5 Å². The highest BCUT2D eigenvalue weighted by molar-refractivity contribution is 8.00. The van der Waals surface area contributed by atoms with Crippen molar-refractivity contribution in [2.45, 2.75) is 80.8 Å². The number of nitrogens with zero attached hydrogens (tertiary/aromatic N) is 4. The highest BCUT2D eigenvalue weighted by Crippen LogP contribution is 2.33. The summed E-state index contributed by atoms with van der Waals surface area (Å²) < 4.78 is 4.93. The Hall–Kier alpha value is -4.13. The van der Waals surface area contributed by atoms with Gasteiger partial charge < -0.3 is 52.2 Å². The molecule has 0 spiro atoms. The molecule has 3 fully saturated rings. The Morgan fingerprint density at radius 3 is 1.78 bits per heavy atom. The molecule has 5 unspecified atom stereocenters. The number of aliphatic hydroxyl groups excluding tert-OH is 1. The highest BCUT2D eigenvalue weighted by atomic mass is 32.2. The van der Waals surface area contributed by atoms with Crippen LogP contribution >= 0.6 is 11.8 Å². The minimum absolute atomic E-state index is 0.0560. The first kappa shape index (κ1) is 49.2. The lowest BCUT2D eigenvalue weighted by atomic mass is 10.0. The van der Waals surface area contributed by atoms with Gasteiger partial charge in [0.15, 0.2) is 6.04 Å². The van der Waals surface area contributed by atoms with Crippen LogP contribution in [0.4, 0.5) is 4.79 Å². The van der Waals surface area contributed by atoms with Gasteiger partial charge in [-0.05, 0) is 38.6 Å². The Balaban J connectivity index is 1.56. The monoisotopic (exact) mass is 859 g/mol. The fourth-order valence-corrected chi connectivity index (χ4v) is 8.65. The van der Waals surface area contributed by atoms with E-state index >= 15 is 0 Å². The number of thioether (sulfide) groups is 1. The van der Waals surface area contributed by atoms with Crippen LogP contribution in [-0.4, -0.2) is 215 Å². The van der Waals surface area contributed by atoms with Gasteiger partial charge in [0.1, 0.15) is 6.04 Å². The Morgan fingerprint density at radius 1 is 0.729 bits per heavy atom. The molecule has 3 aliphatic heterocycles. The molecule has 22 nitrogen and oxygen atoms in total. The maximum absolute atomic E-state index is 13.5. The first-order chi connectivity index (χ1) is 28.2. The molecule has 10 N–H and O–H groups in total. The predicted octanol–water partition coefficient (Wildman–Crippen LogP) is -3.26.